The predicted molar refractivity (Wildman–Crippen MR) is 68.0 cm³/mol. The molecule has 4 N–H and O–H groups in total. The van der Waals surface area contributed by atoms with Gasteiger partial charge in [0, 0.05) is 24.8 Å². The van der Waals surface area contributed by atoms with Crippen LogP contribution in [0, 0.1) is 0 Å². The smallest absolute Gasteiger partial charge is 0.245 e. The molecule has 0 aromatic carbocycles. The lowest BCUT2D eigenvalue weighted by Gasteiger charge is -2.36. The first-order chi connectivity index (χ1) is 8.75. The van der Waals surface area contributed by atoms with E-state index in [9.17, 15) is 0 Å². The van der Waals surface area contributed by atoms with Crippen LogP contribution in [0.15, 0.2) is 12.3 Å². The molecule has 2 aromatic rings. The molecular weight excluding hydrogens is 230 g/mol. The molecule has 7 heteroatoms. The third kappa shape index (κ3) is 1.86. The van der Waals surface area contributed by atoms with Crippen LogP contribution in [-0.2, 0) is 0 Å². The number of hydrogen-bond donors (Lipinski definition) is 3. The van der Waals surface area contributed by atoms with Gasteiger partial charge in [-0.2, -0.15) is 10.1 Å². The molecule has 18 heavy (non-hydrogen) atoms. The van der Waals surface area contributed by atoms with Crippen LogP contribution in [0.1, 0.15) is 19.8 Å². The van der Waals surface area contributed by atoms with E-state index < -0.39 is 0 Å². The lowest BCUT2D eigenvalue weighted by molar-refractivity contribution is 0.416. The third-order valence-corrected chi connectivity index (χ3v) is 3.53. The van der Waals surface area contributed by atoms with Gasteiger partial charge in [0.1, 0.15) is 5.69 Å². The molecule has 0 aliphatic carbocycles. The Bertz CT molecular complexity index is 503. The van der Waals surface area contributed by atoms with E-state index in [1.807, 2.05) is 6.07 Å². The Morgan fingerprint density at radius 1 is 1.44 bits per heavy atom. The molecule has 1 saturated heterocycles. The topological polar surface area (TPSA) is 99.5 Å². The standard InChI is InChI=1S/C11H17N7/c1-7-8(12)3-2-6-18(7)11-14-10(16-17-11)9-4-5-13-15-9/h4-5,7-8H,2-3,6,12H2,1H3,(H,13,15)(H,14,16,17). The number of nitrogens with two attached hydrogens (primary N) is 1. The van der Waals surface area contributed by atoms with Crippen molar-refractivity contribution in [3.63, 3.8) is 0 Å². The second-order valence-corrected chi connectivity index (χ2v) is 4.69. The first-order valence-electron chi connectivity index (χ1n) is 6.20. The van der Waals surface area contributed by atoms with Crippen molar-refractivity contribution in [3.8, 4) is 11.5 Å². The summed E-state index contributed by atoms with van der Waals surface area (Å²) in [6.07, 6.45) is 3.84. The predicted octanol–water partition coefficient (Wildman–Crippen LogP) is 0.511. The van der Waals surface area contributed by atoms with Crippen LogP contribution < -0.4 is 10.6 Å². The van der Waals surface area contributed by atoms with E-state index in [4.69, 9.17) is 5.73 Å². The van der Waals surface area contributed by atoms with Crippen LogP contribution in [0.25, 0.3) is 11.5 Å². The van der Waals surface area contributed by atoms with Gasteiger partial charge in [0.25, 0.3) is 0 Å². The fraction of sp³-hybridized carbons (Fsp3) is 0.545. The molecule has 0 saturated carbocycles. The largest absolute Gasteiger partial charge is 0.335 e. The van der Waals surface area contributed by atoms with Crippen LogP contribution in [0.4, 0.5) is 5.95 Å². The van der Waals surface area contributed by atoms with Crippen molar-refractivity contribution in [2.75, 3.05) is 11.4 Å². The Hall–Kier alpha value is -1.89. The number of H-pyrrole nitrogens is 2. The van der Waals surface area contributed by atoms with E-state index in [0.29, 0.717) is 11.8 Å². The highest BCUT2D eigenvalue weighted by Crippen LogP contribution is 2.22. The summed E-state index contributed by atoms with van der Waals surface area (Å²) in [4.78, 5) is 6.65. The molecule has 1 aliphatic heterocycles. The SMILES string of the molecule is CC1C(N)CCCN1c1n[nH]c(-c2ccn[nH]2)n1. The van der Waals surface area contributed by atoms with E-state index in [0.717, 1.165) is 25.1 Å². The number of rotatable bonds is 2. The Balaban J connectivity index is 1.84. The second-order valence-electron chi connectivity index (χ2n) is 4.69. The van der Waals surface area contributed by atoms with Gasteiger partial charge in [-0.3, -0.25) is 10.2 Å². The summed E-state index contributed by atoms with van der Waals surface area (Å²) >= 11 is 0. The Morgan fingerprint density at radius 3 is 3.11 bits per heavy atom. The molecule has 96 valence electrons. The van der Waals surface area contributed by atoms with E-state index in [1.165, 1.54) is 0 Å². The second kappa shape index (κ2) is 4.41. The highest BCUT2D eigenvalue weighted by molar-refractivity contribution is 5.50. The maximum atomic E-state index is 6.08. The maximum absolute atomic E-state index is 6.08. The summed E-state index contributed by atoms with van der Waals surface area (Å²) in [5, 5.41) is 14.0. The average molecular weight is 247 g/mol. The van der Waals surface area contributed by atoms with E-state index >= 15 is 0 Å². The highest BCUT2D eigenvalue weighted by Gasteiger charge is 2.27. The molecule has 3 heterocycles. The average Bonchev–Trinajstić information content (AvgIpc) is 3.01. The molecule has 0 bridgehead atoms. The quantitative estimate of drug-likeness (QED) is 0.718. The molecule has 0 radical (unpaired) electrons. The number of aromatic nitrogens is 5. The van der Waals surface area contributed by atoms with E-state index in [-0.39, 0.29) is 12.1 Å². The maximum Gasteiger partial charge on any atom is 0.245 e. The number of aromatic amines is 2. The van der Waals surface area contributed by atoms with Crippen LogP contribution in [0.2, 0.25) is 0 Å². The van der Waals surface area contributed by atoms with Gasteiger partial charge < -0.3 is 10.6 Å². The number of nitrogens with one attached hydrogen (secondary N) is 2. The van der Waals surface area contributed by atoms with Gasteiger partial charge in [0.15, 0.2) is 5.82 Å². The van der Waals surface area contributed by atoms with Crippen molar-refractivity contribution in [2.24, 2.45) is 5.73 Å². The monoisotopic (exact) mass is 247 g/mol. The fourth-order valence-corrected chi connectivity index (χ4v) is 2.35. The van der Waals surface area contributed by atoms with Gasteiger partial charge in [-0.05, 0) is 25.8 Å². The van der Waals surface area contributed by atoms with Crippen LogP contribution in [0.3, 0.4) is 0 Å². The Kier molecular flexibility index (Phi) is 2.75. The third-order valence-electron chi connectivity index (χ3n) is 3.53. The lowest BCUT2D eigenvalue weighted by atomic mass is 9.99. The molecule has 1 fully saturated rings. The molecule has 2 atom stereocenters. The van der Waals surface area contributed by atoms with E-state index in [1.54, 1.807) is 6.20 Å². The van der Waals surface area contributed by atoms with Crippen molar-refractivity contribution < 1.29 is 0 Å². The van der Waals surface area contributed by atoms with Crippen molar-refractivity contribution in [2.45, 2.75) is 31.8 Å². The molecular formula is C11H17N7. The first-order valence-corrected chi connectivity index (χ1v) is 6.20. The summed E-state index contributed by atoms with van der Waals surface area (Å²) in [7, 11) is 0. The van der Waals surface area contributed by atoms with E-state index in [2.05, 4.69) is 37.2 Å². The lowest BCUT2D eigenvalue weighted by Crippen LogP contribution is -2.50. The van der Waals surface area contributed by atoms with Crippen molar-refractivity contribution >= 4 is 5.95 Å². The molecule has 3 rings (SSSR count). The molecule has 0 spiro atoms. The molecule has 1 aliphatic rings. The first kappa shape index (κ1) is 11.2. The fourth-order valence-electron chi connectivity index (χ4n) is 2.35. The molecule has 2 unspecified atom stereocenters. The zero-order chi connectivity index (χ0) is 12.5. The van der Waals surface area contributed by atoms with Crippen molar-refractivity contribution in [3.05, 3.63) is 12.3 Å². The summed E-state index contributed by atoms with van der Waals surface area (Å²) in [5.41, 5.74) is 6.92. The minimum Gasteiger partial charge on any atom is -0.335 e. The molecule has 7 nitrogen and oxygen atoms in total. The summed E-state index contributed by atoms with van der Waals surface area (Å²) in [6, 6.07) is 2.31. The van der Waals surface area contributed by atoms with Gasteiger partial charge >= 0.3 is 0 Å². The normalized spacial score (nSPS) is 24.4. The van der Waals surface area contributed by atoms with Gasteiger partial charge in [-0.1, -0.05) is 0 Å². The summed E-state index contributed by atoms with van der Waals surface area (Å²) in [5.74, 6) is 1.41. The zero-order valence-electron chi connectivity index (χ0n) is 10.3. The Labute approximate surface area is 105 Å². The van der Waals surface area contributed by atoms with Crippen LogP contribution >= 0.6 is 0 Å². The number of hydrogen-bond acceptors (Lipinski definition) is 5. The highest BCUT2D eigenvalue weighted by atomic mass is 15.4. The van der Waals surface area contributed by atoms with Crippen LogP contribution in [-0.4, -0.2) is 44.0 Å². The van der Waals surface area contributed by atoms with Crippen LogP contribution in [0.5, 0.6) is 0 Å². The Morgan fingerprint density at radius 2 is 2.33 bits per heavy atom. The van der Waals surface area contributed by atoms with Gasteiger partial charge in [-0.15, -0.1) is 5.10 Å². The minimum absolute atomic E-state index is 0.188. The van der Waals surface area contributed by atoms with Crippen molar-refractivity contribution in [1.82, 2.24) is 25.4 Å². The van der Waals surface area contributed by atoms with Gasteiger partial charge in [0.05, 0.1) is 0 Å². The van der Waals surface area contributed by atoms with Gasteiger partial charge in [0.2, 0.25) is 5.95 Å². The van der Waals surface area contributed by atoms with Crippen molar-refractivity contribution in [1.29, 1.82) is 0 Å². The van der Waals surface area contributed by atoms with Gasteiger partial charge in [-0.25, -0.2) is 0 Å². The summed E-state index contributed by atoms with van der Waals surface area (Å²) < 4.78 is 0. The molecule has 0 amide bonds. The number of anilines is 1. The molecule has 2 aromatic heterocycles. The zero-order valence-corrected chi connectivity index (χ0v) is 10.3. The number of nitrogens with zero attached hydrogens (tertiary/aromatic N) is 4. The summed E-state index contributed by atoms with van der Waals surface area (Å²) in [6.45, 7) is 3.07. The number of piperidine rings is 1. The minimum atomic E-state index is 0.188.